The summed E-state index contributed by atoms with van der Waals surface area (Å²) in [5.74, 6) is 2.66. The van der Waals surface area contributed by atoms with Crippen LogP contribution < -0.4 is 14.8 Å². The van der Waals surface area contributed by atoms with Crippen molar-refractivity contribution in [2.75, 3.05) is 20.3 Å². The Hall–Kier alpha value is -3.81. The van der Waals surface area contributed by atoms with Crippen LogP contribution in [0.3, 0.4) is 0 Å². The van der Waals surface area contributed by atoms with Gasteiger partial charge in [0.2, 0.25) is 5.82 Å². The molecule has 8 nitrogen and oxygen atoms in total. The first-order valence-corrected chi connectivity index (χ1v) is 11.4. The first-order valence-electron chi connectivity index (χ1n) is 11.4. The minimum absolute atomic E-state index is 0.149. The van der Waals surface area contributed by atoms with Crippen LogP contribution in [-0.4, -0.2) is 41.3 Å². The maximum atomic E-state index is 13.0. The predicted molar refractivity (Wildman–Crippen MR) is 129 cm³/mol. The molecule has 0 aliphatic carbocycles. The quantitative estimate of drug-likeness (QED) is 0.489. The summed E-state index contributed by atoms with van der Waals surface area (Å²) in [7, 11) is 1.62. The van der Waals surface area contributed by atoms with Gasteiger partial charge in [-0.05, 0) is 61.7 Å². The normalized spacial score (nSPS) is 16.1. The van der Waals surface area contributed by atoms with E-state index in [-0.39, 0.29) is 6.03 Å². The second kappa shape index (κ2) is 9.99. The van der Waals surface area contributed by atoms with E-state index in [0.29, 0.717) is 30.8 Å². The van der Waals surface area contributed by atoms with E-state index in [4.69, 9.17) is 19.0 Å². The summed E-state index contributed by atoms with van der Waals surface area (Å²) in [6.45, 7) is 9.19. The number of methoxy groups -OCH3 is 1. The Balaban J connectivity index is 1.76. The smallest absolute Gasteiger partial charge is 0.322 e. The molecule has 34 heavy (non-hydrogen) atoms. The number of carbonyl (C=O) groups excluding carboxylic acids is 1. The summed E-state index contributed by atoms with van der Waals surface area (Å²) in [6.07, 6.45) is 0. The summed E-state index contributed by atoms with van der Waals surface area (Å²) in [4.78, 5) is 19.5. The van der Waals surface area contributed by atoms with Crippen LogP contribution in [0.25, 0.3) is 17.0 Å². The average Bonchev–Trinajstić information content (AvgIpc) is 3.32. The van der Waals surface area contributed by atoms with Crippen molar-refractivity contribution in [2.24, 2.45) is 5.92 Å². The van der Waals surface area contributed by atoms with Gasteiger partial charge in [-0.15, -0.1) is 0 Å². The molecule has 4 rings (SSSR count). The molecule has 1 unspecified atom stereocenters. The molecule has 0 radical (unpaired) electrons. The van der Waals surface area contributed by atoms with Gasteiger partial charge in [0, 0.05) is 17.8 Å². The van der Waals surface area contributed by atoms with Crippen LogP contribution in [0.5, 0.6) is 11.5 Å². The number of urea groups is 1. The second-order valence-electron chi connectivity index (χ2n) is 8.54. The number of amides is 2. The molecule has 1 atom stereocenters. The third-order valence-corrected chi connectivity index (χ3v) is 5.67. The highest BCUT2D eigenvalue weighted by Crippen LogP contribution is 2.38. The van der Waals surface area contributed by atoms with Crippen molar-refractivity contribution in [1.82, 2.24) is 20.4 Å². The molecule has 8 heteroatoms. The topological polar surface area (TPSA) is 89.7 Å². The first-order chi connectivity index (χ1) is 16.4. The van der Waals surface area contributed by atoms with Gasteiger partial charge in [0.25, 0.3) is 5.89 Å². The maximum Gasteiger partial charge on any atom is 0.322 e. The molecule has 1 aromatic heterocycles. The number of aromatic nitrogens is 2. The highest BCUT2D eigenvalue weighted by Gasteiger charge is 2.36. The van der Waals surface area contributed by atoms with Crippen molar-refractivity contribution in [3.63, 3.8) is 0 Å². The van der Waals surface area contributed by atoms with Crippen LogP contribution in [0.4, 0.5) is 4.79 Å². The van der Waals surface area contributed by atoms with Gasteiger partial charge >= 0.3 is 6.03 Å². The molecular formula is C26H30N4O4. The molecule has 0 fully saturated rings. The van der Waals surface area contributed by atoms with E-state index in [0.717, 1.165) is 33.9 Å². The van der Waals surface area contributed by atoms with Gasteiger partial charge in [-0.1, -0.05) is 31.1 Å². The van der Waals surface area contributed by atoms with Gasteiger partial charge in [0.05, 0.1) is 25.3 Å². The number of allylic oxidation sites excluding steroid dienone is 1. The van der Waals surface area contributed by atoms with Gasteiger partial charge in [0.1, 0.15) is 11.5 Å². The minimum Gasteiger partial charge on any atom is -0.497 e. The summed E-state index contributed by atoms with van der Waals surface area (Å²) >= 11 is 0. The zero-order valence-corrected chi connectivity index (χ0v) is 20.2. The Labute approximate surface area is 199 Å². The number of benzene rings is 2. The van der Waals surface area contributed by atoms with E-state index in [2.05, 4.69) is 24.3 Å². The highest BCUT2D eigenvalue weighted by molar-refractivity contribution is 5.87. The highest BCUT2D eigenvalue weighted by atomic mass is 16.5. The van der Waals surface area contributed by atoms with E-state index in [1.807, 2.05) is 62.4 Å². The number of nitrogens with one attached hydrogen (secondary N) is 1. The standard InChI is InChI=1S/C26H30N4O4/c1-6-33-21-13-7-18(8-14-21)23-22(17(4)30(15-16(2)3)26(31)27-23)25-28-24(29-34-25)19-9-11-20(32-5)12-10-19/h7-14,16,23H,6,15H2,1-5H3,(H,27,31). The molecular weight excluding hydrogens is 432 g/mol. The third kappa shape index (κ3) is 4.76. The number of hydrogen-bond donors (Lipinski definition) is 1. The van der Waals surface area contributed by atoms with E-state index in [9.17, 15) is 4.79 Å². The Bertz CT molecular complexity index is 1170. The number of ether oxygens (including phenoxy) is 2. The van der Waals surface area contributed by atoms with E-state index >= 15 is 0 Å². The lowest BCUT2D eigenvalue weighted by atomic mass is 9.94. The van der Waals surface area contributed by atoms with Gasteiger partial charge < -0.3 is 19.3 Å². The SMILES string of the molecule is CCOc1ccc(C2NC(=O)N(CC(C)C)C(C)=C2c2nc(-c3ccc(OC)cc3)no2)cc1. The van der Waals surface area contributed by atoms with Crippen LogP contribution >= 0.6 is 0 Å². The summed E-state index contributed by atoms with van der Waals surface area (Å²) < 4.78 is 16.5. The van der Waals surface area contributed by atoms with Crippen molar-refractivity contribution in [1.29, 1.82) is 0 Å². The predicted octanol–water partition coefficient (Wildman–Crippen LogP) is 5.30. The molecule has 0 saturated heterocycles. The van der Waals surface area contributed by atoms with Crippen LogP contribution in [-0.2, 0) is 0 Å². The summed E-state index contributed by atoms with van der Waals surface area (Å²) in [5.41, 5.74) is 3.28. The van der Waals surface area contributed by atoms with Gasteiger partial charge in [-0.2, -0.15) is 4.98 Å². The summed E-state index contributed by atoms with van der Waals surface area (Å²) in [5, 5.41) is 7.34. The summed E-state index contributed by atoms with van der Waals surface area (Å²) in [6, 6.07) is 14.6. The molecule has 178 valence electrons. The molecule has 1 N–H and O–H groups in total. The molecule has 2 aromatic carbocycles. The number of rotatable bonds is 8. The Morgan fingerprint density at radius 3 is 2.38 bits per heavy atom. The monoisotopic (exact) mass is 462 g/mol. The molecule has 0 spiro atoms. The average molecular weight is 463 g/mol. The van der Waals surface area contributed by atoms with E-state index in [1.54, 1.807) is 12.0 Å². The van der Waals surface area contributed by atoms with Crippen LogP contribution in [0.1, 0.15) is 45.2 Å². The van der Waals surface area contributed by atoms with Crippen molar-refractivity contribution in [3.05, 3.63) is 65.7 Å². The van der Waals surface area contributed by atoms with Gasteiger partial charge in [-0.3, -0.25) is 4.90 Å². The lowest BCUT2D eigenvalue weighted by Gasteiger charge is -2.36. The van der Waals surface area contributed by atoms with Crippen LogP contribution in [0.15, 0.2) is 58.8 Å². The fourth-order valence-corrected chi connectivity index (χ4v) is 4.01. The molecule has 2 amide bonds. The fraction of sp³-hybridized carbons (Fsp3) is 0.346. The Kier molecular flexibility index (Phi) is 6.86. The lowest BCUT2D eigenvalue weighted by Crippen LogP contribution is -2.47. The zero-order chi connectivity index (χ0) is 24.2. The fourth-order valence-electron chi connectivity index (χ4n) is 4.01. The minimum atomic E-state index is -0.434. The maximum absolute atomic E-state index is 13.0. The first kappa shape index (κ1) is 23.4. The second-order valence-corrected chi connectivity index (χ2v) is 8.54. The van der Waals surface area contributed by atoms with E-state index < -0.39 is 6.04 Å². The lowest BCUT2D eigenvalue weighted by molar-refractivity contribution is 0.199. The number of nitrogens with zero attached hydrogens (tertiary/aromatic N) is 3. The molecule has 0 bridgehead atoms. The molecule has 2 heterocycles. The zero-order valence-electron chi connectivity index (χ0n) is 20.2. The Morgan fingerprint density at radius 2 is 1.76 bits per heavy atom. The number of carbonyl (C=O) groups is 1. The van der Waals surface area contributed by atoms with Crippen molar-refractivity contribution < 1.29 is 18.8 Å². The Morgan fingerprint density at radius 1 is 1.09 bits per heavy atom. The van der Waals surface area contributed by atoms with Crippen molar-refractivity contribution in [3.8, 4) is 22.9 Å². The third-order valence-electron chi connectivity index (χ3n) is 5.67. The van der Waals surface area contributed by atoms with Crippen molar-refractivity contribution >= 4 is 11.6 Å². The molecule has 0 saturated carbocycles. The number of hydrogen-bond acceptors (Lipinski definition) is 6. The van der Waals surface area contributed by atoms with Crippen LogP contribution in [0, 0.1) is 5.92 Å². The van der Waals surface area contributed by atoms with Gasteiger partial charge in [-0.25, -0.2) is 4.79 Å². The molecule has 1 aliphatic rings. The largest absolute Gasteiger partial charge is 0.497 e. The molecule has 3 aromatic rings. The van der Waals surface area contributed by atoms with E-state index in [1.165, 1.54) is 0 Å². The molecule has 1 aliphatic heterocycles. The van der Waals surface area contributed by atoms with Gasteiger partial charge in [0.15, 0.2) is 0 Å². The van der Waals surface area contributed by atoms with Crippen molar-refractivity contribution in [2.45, 2.75) is 33.7 Å². The van der Waals surface area contributed by atoms with Crippen LogP contribution in [0.2, 0.25) is 0 Å².